The molecule has 0 bridgehead atoms. The van der Waals surface area contributed by atoms with E-state index in [2.05, 4.69) is 30.5 Å². The van der Waals surface area contributed by atoms with Crippen molar-refractivity contribution in [2.24, 2.45) is 11.8 Å². The zero-order chi connectivity index (χ0) is 9.00. The molecule has 2 fully saturated rings. The van der Waals surface area contributed by atoms with Crippen molar-refractivity contribution in [2.45, 2.75) is 39.2 Å². The molecule has 0 amide bonds. The van der Waals surface area contributed by atoms with Crippen LogP contribution in [0.2, 0.25) is 0 Å². The zero-order valence-electron chi connectivity index (χ0n) is 8.46. The van der Waals surface area contributed by atoms with E-state index < -0.39 is 0 Å². The second kappa shape index (κ2) is 2.40. The Morgan fingerprint density at radius 3 is 2.08 bits per heavy atom. The van der Waals surface area contributed by atoms with Crippen LogP contribution in [0.4, 0.5) is 0 Å². The number of aromatic nitrogens is 1. The summed E-state index contributed by atoms with van der Waals surface area (Å²) in [6, 6.07) is 5.33. The van der Waals surface area contributed by atoms with Gasteiger partial charge >= 0.3 is 0 Å². The van der Waals surface area contributed by atoms with Crippen LogP contribution in [-0.2, 0) is 0 Å². The first-order valence-electron chi connectivity index (χ1n) is 5.40. The van der Waals surface area contributed by atoms with Crippen LogP contribution in [0.3, 0.4) is 0 Å². The zero-order valence-corrected chi connectivity index (χ0v) is 8.46. The van der Waals surface area contributed by atoms with E-state index in [1.165, 1.54) is 30.7 Å². The number of hydrogen-bond donors (Lipinski definition) is 0. The SMILES string of the molecule is Cc1ccc(C)n1C1CC2CC2C1. The molecule has 2 aliphatic rings. The molecule has 2 unspecified atom stereocenters. The third-order valence-corrected chi connectivity index (χ3v) is 3.91. The second-order valence-electron chi connectivity index (χ2n) is 4.87. The molecule has 1 aromatic rings. The smallest absolute Gasteiger partial charge is 0.0341 e. The minimum absolute atomic E-state index is 0.832. The third kappa shape index (κ3) is 1.06. The van der Waals surface area contributed by atoms with E-state index >= 15 is 0 Å². The molecule has 3 rings (SSSR count). The highest BCUT2D eigenvalue weighted by molar-refractivity contribution is 5.16. The Hall–Kier alpha value is -0.720. The largest absolute Gasteiger partial charge is 0.346 e. The summed E-state index contributed by atoms with van der Waals surface area (Å²) >= 11 is 0. The summed E-state index contributed by atoms with van der Waals surface area (Å²) in [7, 11) is 0. The van der Waals surface area contributed by atoms with Gasteiger partial charge in [-0.2, -0.15) is 0 Å². The van der Waals surface area contributed by atoms with E-state index in [-0.39, 0.29) is 0 Å². The van der Waals surface area contributed by atoms with E-state index in [1.54, 1.807) is 0 Å². The van der Waals surface area contributed by atoms with Crippen LogP contribution in [0.5, 0.6) is 0 Å². The van der Waals surface area contributed by atoms with E-state index in [4.69, 9.17) is 0 Å². The lowest BCUT2D eigenvalue weighted by atomic mass is 10.1. The molecule has 1 nitrogen and oxygen atoms in total. The van der Waals surface area contributed by atoms with Crippen molar-refractivity contribution in [3.8, 4) is 0 Å². The lowest BCUT2D eigenvalue weighted by molar-refractivity contribution is 0.454. The predicted octanol–water partition coefficient (Wildman–Crippen LogP) is 3.08. The standard InChI is InChI=1S/C12H17N/c1-8-3-4-9(2)13(8)12-6-10-5-11(10)7-12/h3-4,10-12H,5-7H2,1-2H3. The average Bonchev–Trinajstić information content (AvgIpc) is 2.54. The summed E-state index contributed by atoms with van der Waals surface area (Å²) in [5.74, 6) is 2.18. The average molecular weight is 175 g/mol. The Balaban J connectivity index is 1.91. The summed E-state index contributed by atoms with van der Waals surface area (Å²) in [6.07, 6.45) is 4.41. The van der Waals surface area contributed by atoms with Gasteiger partial charge in [0.1, 0.15) is 0 Å². The van der Waals surface area contributed by atoms with Crippen LogP contribution in [0.15, 0.2) is 12.1 Å². The van der Waals surface area contributed by atoms with Gasteiger partial charge in [0.25, 0.3) is 0 Å². The van der Waals surface area contributed by atoms with E-state index in [0.717, 1.165) is 17.9 Å². The molecule has 0 N–H and O–H groups in total. The molecule has 2 saturated carbocycles. The number of nitrogens with zero attached hydrogens (tertiary/aromatic N) is 1. The Bertz CT molecular complexity index is 307. The van der Waals surface area contributed by atoms with E-state index in [1.807, 2.05) is 0 Å². The highest BCUT2D eigenvalue weighted by atomic mass is 15.0. The lowest BCUT2D eigenvalue weighted by Gasteiger charge is -2.18. The molecule has 0 aromatic carbocycles. The number of fused-ring (bicyclic) bond motifs is 1. The van der Waals surface area contributed by atoms with Crippen molar-refractivity contribution in [2.75, 3.05) is 0 Å². The Kier molecular flexibility index (Phi) is 1.42. The monoisotopic (exact) mass is 175 g/mol. The maximum absolute atomic E-state index is 2.55. The summed E-state index contributed by atoms with van der Waals surface area (Å²) in [4.78, 5) is 0. The molecule has 1 heteroatoms. The van der Waals surface area contributed by atoms with Crippen molar-refractivity contribution in [3.63, 3.8) is 0 Å². The number of aryl methyl sites for hydroxylation is 2. The lowest BCUT2D eigenvalue weighted by Crippen LogP contribution is -2.09. The maximum atomic E-state index is 2.55. The molecule has 1 aromatic heterocycles. The molecule has 1 heterocycles. The first-order chi connectivity index (χ1) is 6.25. The molecular weight excluding hydrogens is 158 g/mol. The van der Waals surface area contributed by atoms with Gasteiger partial charge < -0.3 is 4.57 Å². The molecule has 0 spiro atoms. The van der Waals surface area contributed by atoms with E-state index in [9.17, 15) is 0 Å². The first kappa shape index (κ1) is 7.66. The van der Waals surface area contributed by atoms with Crippen LogP contribution < -0.4 is 0 Å². The highest BCUT2D eigenvalue weighted by Gasteiger charge is 2.46. The van der Waals surface area contributed by atoms with Gasteiger partial charge in [-0.15, -0.1) is 0 Å². The van der Waals surface area contributed by atoms with Gasteiger partial charge in [0.15, 0.2) is 0 Å². The summed E-state index contributed by atoms with van der Waals surface area (Å²) in [5, 5.41) is 0. The van der Waals surface area contributed by atoms with Gasteiger partial charge in [-0.05, 0) is 57.1 Å². The Morgan fingerprint density at radius 1 is 1.00 bits per heavy atom. The van der Waals surface area contributed by atoms with Gasteiger partial charge in [0, 0.05) is 17.4 Å². The Labute approximate surface area is 79.8 Å². The van der Waals surface area contributed by atoms with Crippen LogP contribution in [0.25, 0.3) is 0 Å². The van der Waals surface area contributed by atoms with Crippen molar-refractivity contribution in [3.05, 3.63) is 23.5 Å². The fraction of sp³-hybridized carbons (Fsp3) is 0.667. The predicted molar refractivity (Wildman–Crippen MR) is 53.8 cm³/mol. The van der Waals surface area contributed by atoms with Crippen LogP contribution >= 0.6 is 0 Å². The molecular formula is C12H17N. The van der Waals surface area contributed by atoms with Crippen molar-refractivity contribution < 1.29 is 0 Å². The third-order valence-electron chi connectivity index (χ3n) is 3.91. The second-order valence-corrected chi connectivity index (χ2v) is 4.87. The fourth-order valence-corrected chi connectivity index (χ4v) is 3.15. The molecule has 13 heavy (non-hydrogen) atoms. The van der Waals surface area contributed by atoms with Crippen molar-refractivity contribution >= 4 is 0 Å². The van der Waals surface area contributed by atoms with Crippen LogP contribution in [0, 0.1) is 25.7 Å². The quantitative estimate of drug-likeness (QED) is 0.618. The summed E-state index contributed by atoms with van der Waals surface area (Å²) in [6.45, 7) is 4.47. The molecule has 0 saturated heterocycles. The number of hydrogen-bond acceptors (Lipinski definition) is 0. The van der Waals surface area contributed by atoms with Gasteiger partial charge in [-0.3, -0.25) is 0 Å². The van der Waals surface area contributed by atoms with Crippen molar-refractivity contribution in [1.29, 1.82) is 0 Å². The molecule has 2 atom stereocenters. The highest BCUT2D eigenvalue weighted by Crippen LogP contribution is 2.56. The minimum atomic E-state index is 0.832. The summed E-state index contributed by atoms with van der Waals surface area (Å²) < 4.78 is 2.55. The normalized spacial score (nSPS) is 36.3. The topological polar surface area (TPSA) is 4.93 Å². The Morgan fingerprint density at radius 2 is 1.54 bits per heavy atom. The van der Waals surface area contributed by atoms with Gasteiger partial charge in [-0.25, -0.2) is 0 Å². The summed E-state index contributed by atoms with van der Waals surface area (Å²) in [5.41, 5.74) is 2.90. The molecule has 0 radical (unpaired) electrons. The van der Waals surface area contributed by atoms with E-state index in [0.29, 0.717) is 0 Å². The van der Waals surface area contributed by atoms with Crippen molar-refractivity contribution in [1.82, 2.24) is 4.57 Å². The molecule has 70 valence electrons. The molecule has 0 aliphatic heterocycles. The maximum Gasteiger partial charge on any atom is 0.0341 e. The van der Waals surface area contributed by atoms with Gasteiger partial charge in [0.2, 0.25) is 0 Å². The number of rotatable bonds is 1. The molecule has 2 aliphatic carbocycles. The first-order valence-corrected chi connectivity index (χ1v) is 5.40. The van der Waals surface area contributed by atoms with Gasteiger partial charge in [-0.1, -0.05) is 0 Å². The van der Waals surface area contributed by atoms with Gasteiger partial charge in [0.05, 0.1) is 0 Å². The minimum Gasteiger partial charge on any atom is -0.346 e. The van der Waals surface area contributed by atoms with Crippen LogP contribution in [-0.4, -0.2) is 4.57 Å². The van der Waals surface area contributed by atoms with Crippen LogP contribution in [0.1, 0.15) is 36.7 Å². The fourth-order valence-electron chi connectivity index (χ4n) is 3.15.